The Morgan fingerprint density at radius 3 is 2.94 bits per heavy atom. The van der Waals surface area contributed by atoms with Gasteiger partial charge in [-0.2, -0.15) is 0 Å². The smallest absolute Gasteiger partial charge is 0.414 e. The van der Waals surface area contributed by atoms with Crippen molar-refractivity contribution in [2.75, 3.05) is 13.2 Å². The fraction of sp³-hybridized carbons (Fsp3) is 0.462. The summed E-state index contributed by atoms with van der Waals surface area (Å²) in [5.41, 5.74) is 2.91. The summed E-state index contributed by atoms with van der Waals surface area (Å²) >= 11 is 0. The summed E-state index contributed by atoms with van der Waals surface area (Å²) in [5.74, 6) is 0. The predicted octanol–water partition coefficient (Wildman–Crippen LogP) is 2.34. The van der Waals surface area contributed by atoms with Crippen LogP contribution in [0, 0.1) is 0 Å². The average Bonchev–Trinajstić information content (AvgIpc) is 2.27. The number of amides is 1. The third-order valence-electron chi connectivity index (χ3n) is 1.91. The summed E-state index contributed by atoms with van der Waals surface area (Å²) in [5, 5.41) is 0. The molecule has 0 unspecified atom stereocenters. The van der Waals surface area contributed by atoms with Crippen molar-refractivity contribution < 1.29 is 14.4 Å². The van der Waals surface area contributed by atoms with E-state index in [-0.39, 0.29) is 6.09 Å². The molecule has 18 heavy (non-hydrogen) atoms. The molecule has 100 valence electrons. The highest BCUT2D eigenvalue weighted by atomic mass is 16.6. The molecule has 1 aliphatic heterocycles. The van der Waals surface area contributed by atoms with E-state index in [1.54, 1.807) is 12.3 Å². The minimum Gasteiger partial charge on any atom is -0.443 e. The average molecular weight is 252 g/mol. The highest BCUT2D eigenvalue weighted by molar-refractivity contribution is 5.70. The Hall–Kier alpha value is -1.75. The van der Waals surface area contributed by atoms with Gasteiger partial charge in [-0.3, -0.25) is 15.2 Å². The molecule has 0 aromatic heterocycles. The van der Waals surface area contributed by atoms with Crippen LogP contribution in [0.4, 0.5) is 4.79 Å². The predicted molar refractivity (Wildman–Crippen MR) is 69.4 cm³/mol. The first-order valence-corrected chi connectivity index (χ1v) is 5.79. The molecule has 1 amide bonds. The number of nitrogens with zero attached hydrogens (tertiary/aromatic N) is 1. The highest BCUT2D eigenvalue weighted by Crippen LogP contribution is 2.13. The fourth-order valence-electron chi connectivity index (χ4n) is 1.25. The first-order valence-electron chi connectivity index (χ1n) is 5.79. The van der Waals surface area contributed by atoms with Gasteiger partial charge in [-0.15, -0.1) is 6.58 Å². The molecule has 1 N–H and O–H groups in total. The molecule has 1 aliphatic rings. The molecule has 0 radical (unpaired) electrons. The van der Waals surface area contributed by atoms with Crippen LogP contribution in [-0.4, -0.2) is 29.7 Å². The van der Waals surface area contributed by atoms with Crippen LogP contribution in [0.3, 0.4) is 0 Å². The van der Waals surface area contributed by atoms with Crippen molar-refractivity contribution >= 4 is 6.09 Å². The maximum absolute atomic E-state index is 11.8. The van der Waals surface area contributed by atoms with Crippen LogP contribution in [0.5, 0.6) is 0 Å². The van der Waals surface area contributed by atoms with E-state index in [4.69, 9.17) is 9.57 Å². The Morgan fingerprint density at radius 1 is 1.61 bits per heavy atom. The third-order valence-corrected chi connectivity index (χ3v) is 1.91. The van der Waals surface area contributed by atoms with E-state index < -0.39 is 5.60 Å². The van der Waals surface area contributed by atoms with Crippen LogP contribution >= 0.6 is 0 Å². The number of ether oxygens (including phenoxy) is 1. The molecular formula is C13H20N2O3. The van der Waals surface area contributed by atoms with Gasteiger partial charge in [0.1, 0.15) is 5.60 Å². The van der Waals surface area contributed by atoms with Gasteiger partial charge < -0.3 is 4.74 Å². The van der Waals surface area contributed by atoms with Crippen LogP contribution in [0.2, 0.25) is 0 Å². The lowest BCUT2D eigenvalue weighted by Crippen LogP contribution is -2.35. The number of hydroxylamine groups is 1. The SMILES string of the molecule is C=CCONC1=CN(C(=O)OC(C)(C)C)CC=C1. The Bertz CT molecular complexity index is 367. The van der Waals surface area contributed by atoms with Crippen molar-refractivity contribution in [1.82, 2.24) is 10.4 Å². The van der Waals surface area contributed by atoms with Gasteiger partial charge in [-0.1, -0.05) is 12.2 Å². The van der Waals surface area contributed by atoms with Crippen molar-refractivity contribution in [2.45, 2.75) is 26.4 Å². The van der Waals surface area contributed by atoms with Crippen LogP contribution in [0.1, 0.15) is 20.8 Å². The van der Waals surface area contributed by atoms with Gasteiger partial charge in [-0.05, 0) is 26.8 Å². The molecule has 0 bridgehead atoms. The van der Waals surface area contributed by atoms with E-state index >= 15 is 0 Å². The van der Waals surface area contributed by atoms with Crippen molar-refractivity contribution in [2.24, 2.45) is 0 Å². The molecule has 1 heterocycles. The zero-order valence-corrected chi connectivity index (χ0v) is 11.1. The minimum absolute atomic E-state index is 0.380. The van der Waals surface area contributed by atoms with Crippen molar-refractivity contribution in [1.29, 1.82) is 0 Å². The number of carbonyl (C=O) groups excluding carboxylic acids is 1. The van der Waals surface area contributed by atoms with Crippen LogP contribution in [0.15, 0.2) is 36.7 Å². The Kier molecular flexibility index (Phi) is 4.97. The molecule has 0 saturated heterocycles. The number of allylic oxidation sites excluding steroid dienone is 1. The molecule has 0 aromatic rings. The second kappa shape index (κ2) is 6.26. The fourth-order valence-corrected chi connectivity index (χ4v) is 1.25. The Balaban J connectivity index is 2.55. The van der Waals surface area contributed by atoms with E-state index in [9.17, 15) is 4.79 Å². The monoisotopic (exact) mass is 252 g/mol. The summed E-state index contributed by atoms with van der Waals surface area (Å²) in [6.07, 6.45) is 6.59. The van der Waals surface area contributed by atoms with Gasteiger partial charge in [0.25, 0.3) is 0 Å². The molecule has 5 nitrogen and oxygen atoms in total. The van der Waals surface area contributed by atoms with E-state index in [2.05, 4.69) is 12.1 Å². The van der Waals surface area contributed by atoms with Gasteiger partial charge in [0, 0.05) is 12.7 Å². The van der Waals surface area contributed by atoms with Gasteiger partial charge in [0.2, 0.25) is 0 Å². The Morgan fingerprint density at radius 2 is 2.33 bits per heavy atom. The van der Waals surface area contributed by atoms with E-state index in [0.29, 0.717) is 18.8 Å². The second-order valence-electron chi connectivity index (χ2n) is 4.82. The van der Waals surface area contributed by atoms with Gasteiger partial charge in [0.15, 0.2) is 0 Å². The summed E-state index contributed by atoms with van der Waals surface area (Å²) < 4.78 is 5.27. The van der Waals surface area contributed by atoms with Gasteiger partial charge >= 0.3 is 6.09 Å². The minimum atomic E-state index is -0.501. The molecule has 0 saturated carbocycles. The number of rotatable bonds is 4. The number of carbonyl (C=O) groups is 1. The molecule has 0 aromatic carbocycles. The topological polar surface area (TPSA) is 50.8 Å². The summed E-state index contributed by atoms with van der Waals surface area (Å²) in [6, 6.07) is 0. The standard InChI is InChI=1S/C13H20N2O3/c1-5-9-17-14-11-7-6-8-15(10-11)12(16)18-13(2,3)4/h5-7,10,14H,1,8-9H2,2-4H3. The summed E-state index contributed by atoms with van der Waals surface area (Å²) in [6.45, 7) is 9.92. The normalized spacial score (nSPS) is 15.1. The lowest BCUT2D eigenvalue weighted by Gasteiger charge is -2.26. The lowest BCUT2D eigenvalue weighted by molar-refractivity contribution is 0.0339. The molecule has 0 spiro atoms. The molecular weight excluding hydrogens is 232 g/mol. The zero-order valence-electron chi connectivity index (χ0n) is 11.1. The van der Waals surface area contributed by atoms with Crippen molar-refractivity contribution in [3.8, 4) is 0 Å². The largest absolute Gasteiger partial charge is 0.443 e. The third kappa shape index (κ3) is 5.05. The Labute approximate surface area is 108 Å². The molecule has 1 rings (SSSR count). The van der Waals surface area contributed by atoms with Crippen LogP contribution in [-0.2, 0) is 9.57 Å². The maximum Gasteiger partial charge on any atom is 0.414 e. The molecule has 0 aliphatic carbocycles. The van der Waals surface area contributed by atoms with Gasteiger partial charge in [0.05, 0.1) is 12.3 Å². The second-order valence-corrected chi connectivity index (χ2v) is 4.82. The summed E-state index contributed by atoms with van der Waals surface area (Å²) in [4.78, 5) is 18.4. The number of nitrogens with one attached hydrogen (secondary N) is 1. The van der Waals surface area contributed by atoms with Crippen molar-refractivity contribution in [3.05, 3.63) is 36.7 Å². The number of hydrogen-bond acceptors (Lipinski definition) is 4. The lowest BCUT2D eigenvalue weighted by atomic mass is 10.2. The number of hydrogen-bond donors (Lipinski definition) is 1. The molecule has 0 atom stereocenters. The van der Waals surface area contributed by atoms with Gasteiger partial charge in [-0.25, -0.2) is 4.79 Å². The van der Waals surface area contributed by atoms with Crippen molar-refractivity contribution in [3.63, 3.8) is 0 Å². The highest BCUT2D eigenvalue weighted by Gasteiger charge is 2.21. The zero-order chi connectivity index (χ0) is 13.6. The van der Waals surface area contributed by atoms with E-state index in [1.165, 1.54) is 4.90 Å². The quantitative estimate of drug-likeness (QED) is 0.474. The first kappa shape index (κ1) is 14.3. The summed E-state index contributed by atoms with van der Waals surface area (Å²) in [7, 11) is 0. The van der Waals surface area contributed by atoms with Crippen LogP contribution < -0.4 is 5.48 Å². The first-order chi connectivity index (χ1) is 8.42. The molecule has 0 fully saturated rings. The van der Waals surface area contributed by atoms with E-state index in [0.717, 1.165) is 0 Å². The molecule has 5 heteroatoms. The van der Waals surface area contributed by atoms with Crippen LogP contribution in [0.25, 0.3) is 0 Å². The maximum atomic E-state index is 11.8. The van der Waals surface area contributed by atoms with E-state index in [1.807, 2.05) is 32.9 Å².